The summed E-state index contributed by atoms with van der Waals surface area (Å²) < 4.78 is 18.5. The number of benzene rings is 1. The molecule has 0 amide bonds. The first-order valence-electron chi connectivity index (χ1n) is 5.82. The number of aromatic nitrogens is 1. The Hall–Kier alpha value is -2.54. The van der Waals surface area contributed by atoms with Gasteiger partial charge in [-0.25, -0.2) is 9.37 Å². The molecule has 104 valence electrons. The second-order valence-electron chi connectivity index (χ2n) is 3.97. The number of nitrogens with one attached hydrogen (secondary N) is 1. The van der Waals surface area contributed by atoms with E-state index >= 15 is 0 Å². The number of hydrogen-bond donors (Lipinski definition) is 1. The SMILES string of the molecule is CNCc1cccnc1Oc1ccc(F)cc1[N+](=O)[O-]. The van der Waals surface area contributed by atoms with Crippen molar-refractivity contribution >= 4 is 5.69 Å². The van der Waals surface area contributed by atoms with Gasteiger partial charge in [-0.2, -0.15) is 0 Å². The van der Waals surface area contributed by atoms with Crippen molar-refractivity contribution < 1.29 is 14.1 Å². The standard InChI is InChI=1S/C13H12FN3O3/c1-15-8-9-3-2-6-16-13(9)20-12-5-4-10(14)7-11(12)17(18)19/h2-7,15H,8H2,1H3. The van der Waals surface area contributed by atoms with E-state index in [2.05, 4.69) is 10.3 Å². The van der Waals surface area contributed by atoms with E-state index in [1.165, 1.54) is 12.3 Å². The number of nitro groups is 1. The maximum Gasteiger partial charge on any atom is 0.314 e. The average molecular weight is 277 g/mol. The van der Waals surface area contributed by atoms with E-state index in [1.807, 2.05) is 0 Å². The van der Waals surface area contributed by atoms with Crippen LogP contribution in [0.4, 0.5) is 10.1 Å². The van der Waals surface area contributed by atoms with E-state index in [-0.39, 0.29) is 11.6 Å². The third-order valence-corrected chi connectivity index (χ3v) is 2.54. The molecule has 0 spiro atoms. The molecule has 1 N–H and O–H groups in total. The van der Waals surface area contributed by atoms with Crippen molar-refractivity contribution in [3.63, 3.8) is 0 Å². The second-order valence-corrected chi connectivity index (χ2v) is 3.97. The first-order chi connectivity index (χ1) is 9.61. The van der Waals surface area contributed by atoms with E-state index < -0.39 is 16.4 Å². The first-order valence-corrected chi connectivity index (χ1v) is 5.82. The van der Waals surface area contributed by atoms with E-state index in [4.69, 9.17) is 4.74 Å². The Balaban J connectivity index is 2.37. The molecule has 0 fully saturated rings. The molecule has 0 unspecified atom stereocenters. The number of nitro benzene ring substituents is 1. The van der Waals surface area contributed by atoms with Crippen LogP contribution < -0.4 is 10.1 Å². The summed E-state index contributed by atoms with van der Waals surface area (Å²) in [6.07, 6.45) is 1.52. The van der Waals surface area contributed by atoms with Crippen LogP contribution >= 0.6 is 0 Å². The fourth-order valence-corrected chi connectivity index (χ4v) is 1.66. The van der Waals surface area contributed by atoms with Gasteiger partial charge in [0.1, 0.15) is 5.82 Å². The number of rotatable bonds is 5. The minimum Gasteiger partial charge on any atom is -0.431 e. The highest BCUT2D eigenvalue weighted by molar-refractivity contribution is 5.48. The Morgan fingerprint density at radius 1 is 1.45 bits per heavy atom. The topological polar surface area (TPSA) is 77.3 Å². The molecule has 2 rings (SSSR count). The van der Waals surface area contributed by atoms with Gasteiger partial charge >= 0.3 is 5.69 Å². The van der Waals surface area contributed by atoms with Gasteiger partial charge < -0.3 is 10.1 Å². The molecule has 2 aromatic rings. The molecule has 6 nitrogen and oxygen atoms in total. The van der Waals surface area contributed by atoms with Crippen LogP contribution in [0, 0.1) is 15.9 Å². The van der Waals surface area contributed by atoms with Gasteiger partial charge in [0.05, 0.1) is 11.0 Å². The van der Waals surface area contributed by atoms with Gasteiger partial charge in [0.2, 0.25) is 11.6 Å². The Kier molecular flexibility index (Phi) is 4.21. The largest absolute Gasteiger partial charge is 0.431 e. The summed E-state index contributed by atoms with van der Waals surface area (Å²) in [5, 5.41) is 13.8. The quantitative estimate of drug-likeness (QED) is 0.671. The summed E-state index contributed by atoms with van der Waals surface area (Å²) in [5.74, 6) is -0.496. The van der Waals surface area contributed by atoms with Gasteiger partial charge in [-0.3, -0.25) is 10.1 Å². The van der Waals surface area contributed by atoms with Crippen molar-refractivity contribution in [2.24, 2.45) is 0 Å². The summed E-state index contributed by atoms with van der Waals surface area (Å²) in [4.78, 5) is 14.2. The van der Waals surface area contributed by atoms with E-state index in [9.17, 15) is 14.5 Å². The van der Waals surface area contributed by atoms with Gasteiger partial charge in [-0.15, -0.1) is 0 Å². The molecule has 1 aromatic carbocycles. The normalized spacial score (nSPS) is 10.3. The Morgan fingerprint density at radius 3 is 2.95 bits per heavy atom. The molecule has 0 atom stereocenters. The molecule has 20 heavy (non-hydrogen) atoms. The molecule has 1 aromatic heterocycles. The highest BCUT2D eigenvalue weighted by Crippen LogP contribution is 2.32. The first kappa shape index (κ1) is 13.9. The van der Waals surface area contributed by atoms with Gasteiger partial charge in [0, 0.05) is 18.3 Å². The number of hydrogen-bond acceptors (Lipinski definition) is 5. The molecule has 0 saturated heterocycles. The minimum absolute atomic E-state index is 0.0487. The van der Waals surface area contributed by atoms with Crippen molar-refractivity contribution in [3.05, 3.63) is 58.0 Å². The number of pyridine rings is 1. The Labute approximate surface area is 114 Å². The van der Waals surface area contributed by atoms with Gasteiger partial charge in [-0.1, -0.05) is 6.07 Å². The Morgan fingerprint density at radius 2 is 2.25 bits per heavy atom. The molecule has 0 aliphatic heterocycles. The van der Waals surface area contributed by atoms with Crippen LogP contribution in [0.2, 0.25) is 0 Å². The molecule has 0 saturated carbocycles. The smallest absolute Gasteiger partial charge is 0.314 e. The highest BCUT2D eigenvalue weighted by atomic mass is 19.1. The number of nitrogens with zero attached hydrogens (tertiary/aromatic N) is 2. The minimum atomic E-state index is -0.695. The summed E-state index contributed by atoms with van der Waals surface area (Å²) in [6, 6.07) is 6.65. The van der Waals surface area contributed by atoms with Crippen LogP contribution in [0.25, 0.3) is 0 Å². The molecule has 1 heterocycles. The van der Waals surface area contributed by atoms with Gasteiger partial charge in [0.25, 0.3) is 0 Å². The zero-order chi connectivity index (χ0) is 14.5. The van der Waals surface area contributed by atoms with E-state index in [0.29, 0.717) is 6.54 Å². The third kappa shape index (κ3) is 3.07. The predicted molar refractivity (Wildman–Crippen MR) is 70.1 cm³/mol. The maximum absolute atomic E-state index is 13.1. The summed E-state index contributed by atoms with van der Waals surface area (Å²) in [5.41, 5.74) is 0.305. The maximum atomic E-state index is 13.1. The van der Waals surface area contributed by atoms with E-state index in [1.54, 1.807) is 19.2 Å². The van der Waals surface area contributed by atoms with Crippen molar-refractivity contribution in [1.29, 1.82) is 0 Å². The molecule has 0 bridgehead atoms. The second kappa shape index (κ2) is 6.07. The molecule has 0 aliphatic rings. The lowest BCUT2D eigenvalue weighted by Gasteiger charge is -2.09. The Bertz CT molecular complexity index is 634. The zero-order valence-electron chi connectivity index (χ0n) is 10.7. The lowest BCUT2D eigenvalue weighted by Crippen LogP contribution is -2.07. The van der Waals surface area contributed by atoms with Crippen LogP contribution in [0.3, 0.4) is 0 Å². The van der Waals surface area contributed by atoms with Crippen molar-refractivity contribution in [1.82, 2.24) is 10.3 Å². The third-order valence-electron chi connectivity index (χ3n) is 2.54. The molecule has 7 heteroatoms. The van der Waals surface area contributed by atoms with Crippen molar-refractivity contribution in [2.45, 2.75) is 6.54 Å². The highest BCUT2D eigenvalue weighted by Gasteiger charge is 2.18. The van der Waals surface area contributed by atoms with Crippen LogP contribution in [-0.2, 0) is 6.54 Å². The lowest BCUT2D eigenvalue weighted by molar-refractivity contribution is -0.385. The molecular weight excluding hydrogens is 265 g/mol. The van der Waals surface area contributed by atoms with Crippen LogP contribution in [0.15, 0.2) is 36.5 Å². The van der Waals surface area contributed by atoms with Crippen LogP contribution in [0.1, 0.15) is 5.56 Å². The number of halogens is 1. The van der Waals surface area contributed by atoms with Gasteiger partial charge in [-0.05, 0) is 25.2 Å². The monoisotopic (exact) mass is 277 g/mol. The number of ether oxygens (including phenoxy) is 1. The van der Waals surface area contributed by atoms with Crippen LogP contribution in [-0.4, -0.2) is 17.0 Å². The van der Waals surface area contributed by atoms with Crippen molar-refractivity contribution in [2.75, 3.05) is 7.05 Å². The molecular formula is C13H12FN3O3. The lowest BCUT2D eigenvalue weighted by atomic mass is 10.2. The summed E-state index contributed by atoms with van der Waals surface area (Å²) in [7, 11) is 1.76. The molecule has 0 aliphatic carbocycles. The predicted octanol–water partition coefficient (Wildman–Crippen LogP) is 2.64. The summed E-state index contributed by atoms with van der Waals surface area (Å²) >= 11 is 0. The fourth-order valence-electron chi connectivity index (χ4n) is 1.66. The van der Waals surface area contributed by atoms with Crippen molar-refractivity contribution in [3.8, 4) is 11.6 Å². The fraction of sp³-hybridized carbons (Fsp3) is 0.154. The van der Waals surface area contributed by atoms with Gasteiger partial charge in [0.15, 0.2) is 0 Å². The summed E-state index contributed by atoms with van der Waals surface area (Å²) in [6.45, 7) is 0.498. The average Bonchev–Trinajstić information content (AvgIpc) is 2.43. The zero-order valence-corrected chi connectivity index (χ0v) is 10.7. The molecule has 0 radical (unpaired) electrons. The van der Waals surface area contributed by atoms with E-state index in [0.717, 1.165) is 17.7 Å². The van der Waals surface area contributed by atoms with Crippen LogP contribution in [0.5, 0.6) is 11.6 Å².